The lowest BCUT2D eigenvalue weighted by molar-refractivity contribution is -0.120. The number of ether oxygens (including phenoxy) is 1. The lowest BCUT2D eigenvalue weighted by Gasteiger charge is -2.12. The van der Waals surface area contributed by atoms with Gasteiger partial charge >= 0.3 is 0 Å². The SMILES string of the molecule is CCC(C)NC(=O)CNS(=O)(=O)c1ccc(OC)c(Cl)c1. The molecule has 6 nitrogen and oxygen atoms in total. The second-order valence-electron chi connectivity index (χ2n) is 4.50. The Labute approximate surface area is 129 Å². The molecule has 0 fully saturated rings. The molecule has 118 valence electrons. The summed E-state index contributed by atoms with van der Waals surface area (Å²) in [5.41, 5.74) is 0. The van der Waals surface area contributed by atoms with Crippen molar-refractivity contribution < 1.29 is 17.9 Å². The normalized spacial score (nSPS) is 12.8. The van der Waals surface area contributed by atoms with Crippen molar-refractivity contribution in [1.29, 1.82) is 0 Å². The summed E-state index contributed by atoms with van der Waals surface area (Å²) < 4.78 is 31.3. The van der Waals surface area contributed by atoms with E-state index in [1.54, 1.807) is 0 Å². The summed E-state index contributed by atoms with van der Waals surface area (Å²) in [4.78, 5) is 11.6. The molecule has 1 unspecified atom stereocenters. The molecule has 1 rings (SSSR count). The lowest BCUT2D eigenvalue weighted by atomic mass is 10.2. The molecule has 0 aromatic heterocycles. The van der Waals surface area contributed by atoms with Crippen molar-refractivity contribution in [2.24, 2.45) is 0 Å². The number of rotatable bonds is 7. The monoisotopic (exact) mass is 334 g/mol. The van der Waals surface area contributed by atoms with Crippen LogP contribution in [0.25, 0.3) is 0 Å². The summed E-state index contributed by atoms with van der Waals surface area (Å²) in [6.07, 6.45) is 0.770. The predicted octanol–water partition coefficient (Wildman–Crippen LogP) is 1.54. The van der Waals surface area contributed by atoms with Gasteiger partial charge in [-0.2, -0.15) is 0 Å². The smallest absolute Gasteiger partial charge is 0.241 e. The summed E-state index contributed by atoms with van der Waals surface area (Å²) in [6, 6.07) is 4.09. The van der Waals surface area contributed by atoms with Gasteiger partial charge in [0, 0.05) is 6.04 Å². The van der Waals surface area contributed by atoms with Gasteiger partial charge in [-0.15, -0.1) is 0 Å². The molecule has 0 heterocycles. The third-order valence-corrected chi connectivity index (χ3v) is 4.57. The number of benzene rings is 1. The van der Waals surface area contributed by atoms with Gasteiger partial charge in [0.15, 0.2) is 0 Å². The van der Waals surface area contributed by atoms with Crippen molar-refractivity contribution >= 4 is 27.5 Å². The molecule has 1 atom stereocenters. The molecule has 0 radical (unpaired) electrons. The number of hydrogen-bond donors (Lipinski definition) is 2. The van der Waals surface area contributed by atoms with E-state index in [0.29, 0.717) is 5.75 Å². The molecule has 0 aliphatic carbocycles. The largest absolute Gasteiger partial charge is 0.495 e. The Kier molecular flexibility index (Phi) is 6.44. The molecular formula is C13H19ClN2O4S. The number of amides is 1. The average molecular weight is 335 g/mol. The highest BCUT2D eigenvalue weighted by Gasteiger charge is 2.17. The van der Waals surface area contributed by atoms with Crippen molar-refractivity contribution in [2.75, 3.05) is 13.7 Å². The fourth-order valence-corrected chi connectivity index (χ4v) is 2.82. The minimum Gasteiger partial charge on any atom is -0.495 e. The molecular weight excluding hydrogens is 316 g/mol. The van der Waals surface area contributed by atoms with Crippen LogP contribution < -0.4 is 14.8 Å². The van der Waals surface area contributed by atoms with Crippen molar-refractivity contribution in [2.45, 2.75) is 31.2 Å². The molecule has 1 aromatic rings. The Bertz CT molecular complexity index is 604. The van der Waals surface area contributed by atoms with E-state index in [2.05, 4.69) is 10.0 Å². The van der Waals surface area contributed by atoms with Crippen molar-refractivity contribution in [1.82, 2.24) is 10.0 Å². The van der Waals surface area contributed by atoms with Gasteiger partial charge in [-0.1, -0.05) is 18.5 Å². The van der Waals surface area contributed by atoms with E-state index in [0.717, 1.165) is 6.42 Å². The zero-order valence-corrected chi connectivity index (χ0v) is 13.7. The van der Waals surface area contributed by atoms with Gasteiger partial charge in [0.05, 0.1) is 23.6 Å². The first kappa shape index (κ1) is 17.7. The highest BCUT2D eigenvalue weighted by atomic mass is 35.5. The van der Waals surface area contributed by atoms with Gasteiger partial charge in [-0.05, 0) is 31.5 Å². The summed E-state index contributed by atoms with van der Waals surface area (Å²) >= 11 is 5.89. The molecule has 0 aliphatic heterocycles. The second-order valence-corrected chi connectivity index (χ2v) is 6.67. The Hall–Kier alpha value is -1.31. The van der Waals surface area contributed by atoms with Crippen LogP contribution in [0.15, 0.2) is 23.1 Å². The first-order valence-electron chi connectivity index (χ1n) is 6.42. The Morgan fingerprint density at radius 1 is 1.43 bits per heavy atom. The van der Waals surface area contributed by atoms with Crippen molar-refractivity contribution in [3.05, 3.63) is 23.2 Å². The summed E-state index contributed by atoms with van der Waals surface area (Å²) in [6.45, 7) is 3.44. The highest BCUT2D eigenvalue weighted by molar-refractivity contribution is 7.89. The van der Waals surface area contributed by atoms with Crippen LogP contribution in [0.2, 0.25) is 5.02 Å². The van der Waals surface area contributed by atoms with Crippen LogP contribution in [0.5, 0.6) is 5.75 Å². The molecule has 0 bridgehead atoms. The molecule has 1 amide bonds. The van der Waals surface area contributed by atoms with Gasteiger partial charge in [-0.25, -0.2) is 13.1 Å². The summed E-state index contributed by atoms with van der Waals surface area (Å²) in [5.74, 6) is -0.00216. The molecule has 0 saturated heterocycles. The highest BCUT2D eigenvalue weighted by Crippen LogP contribution is 2.26. The average Bonchev–Trinajstić information content (AvgIpc) is 2.45. The Morgan fingerprint density at radius 3 is 2.62 bits per heavy atom. The third-order valence-electron chi connectivity index (χ3n) is 2.88. The van der Waals surface area contributed by atoms with E-state index in [9.17, 15) is 13.2 Å². The lowest BCUT2D eigenvalue weighted by Crippen LogP contribution is -2.40. The van der Waals surface area contributed by atoms with E-state index in [1.165, 1.54) is 25.3 Å². The summed E-state index contributed by atoms with van der Waals surface area (Å²) in [5, 5.41) is 2.86. The van der Waals surface area contributed by atoms with Crippen LogP contribution in [0, 0.1) is 0 Å². The number of halogens is 1. The first-order valence-corrected chi connectivity index (χ1v) is 8.28. The van der Waals surface area contributed by atoms with Gasteiger partial charge in [-0.3, -0.25) is 4.79 Å². The first-order chi connectivity index (χ1) is 9.80. The molecule has 8 heteroatoms. The quantitative estimate of drug-likeness (QED) is 0.792. The molecule has 0 aliphatic rings. The second kappa shape index (κ2) is 7.63. The van der Waals surface area contributed by atoms with E-state index < -0.39 is 10.0 Å². The maximum absolute atomic E-state index is 12.1. The number of nitrogens with one attached hydrogen (secondary N) is 2. The standard InChI is InChI=1S/C13H19ClN2O4S/c1-4-9(2)16-13(17)8-15-21(18,19)10-5-6-12(20-3)11(14)7-10/h5-7,9,15H,4,8H2,1-3H3,(H,16,17). The number of sulfonamides is 1. The van der Waals surface area contributed by atoms with E-state index in [4.69, 9.17) is 16.3 Å². The predicted molar refractivity (Wildman–Crippen MR) is 81.1 cm³/mol. The third kappa shape index (κ3) is 5.18. The maximum atomic E-state index is 12.1. The van der Waals surface area contributed by atoms with E-state index >= 15 is 0 Å². The maximum Gasteiger partial charge on any atom is 0.241 e. The van der Waals surface area contributed by atoms with Gasteiger partial charge in [0.2, 0.25) is 15.9 Å². The fourth-order valence-electron chi connectivity index (χ4n) is 1.49. The van der Waals surface area contributed by atoms with Crippen LogP contribution in [0.1, 0.15) is 20.3 Å². The van der Waals surface area contributed by atoms with Crippen molar-refractivity contribution in [3.8, 4) is 5.75 Å². The minimum absolute atomic E-state index is 0.00238. The van der Waals surface area contributed by atoms with Crippen molar-refractivity contribution in [3.63, 3.8) is 0 Å². The Morgan fingerprint density at radius 2 is 2.10 bits per heavy atom. The molecule has 2 N–H and O–H groups in total. The van der Waals surface area contributed by atoms with Crippen LogP contribution >= 0.6 is 11.6 Å². The van der Waals surface area contributed by atoms with Gasteiger partial charge in [0.25, 0.3) is 0 Å². The summed E-state index contributed by atoms with van der Waals surface area (Å²) in [7, 11) is -2.36. The van der Waals surface area contributed by atoms with Crippen LogP contribution in [-0.4, -0.2) is 34.0 Å². The molecule has 21 heavy (non-hydrogen) atoms. The number of carbonyl (C=O) groups is 1. The Balaban J connectivity index is 2.74. The topological polar surface area (TPSA) is 84.5 Å². The van der Waals surface area contributed by atoms with Crippen LogP contribution in [-0.2, 0) is 14.8 Å². The number of carbonyl (C=O) groups excluding carboxylic acids is 1. The van der Waals surface area contributed by atoms with Gasteiger partial charge < -0.3 is 10.1 Å². The fraction of sp³-hybridized carbons (Fsp3) is 0.462. The minimum atomic E-state index is -3.80. The number of methoxy groups -OCH3 is 1. The van der Waals surface area contributed by atoms with Crippen LogP contribution in [0.3, 0.4) is 0 Å². The molecule has 1 aromatic carbocycles. The zero-order valence-electron chi connectivity index (χ0n) is 12.1. The molecule has 0 spiro atoms. The van der Waals surface area contributed by atoms with Crippen LogP contribution in [0.4, 0.5) is 0 Å². The van der Waals surface area contributed by atoms with E-state index in [1.807, 2.05) is 13.8 Å². The van der Waals surface area contributed by atoms with Gasteiger partial charge in [0.1, 0.15) is 5.75 Å². The van der Waals surface area contributed by atoms with E-state index in [-0.39, 0.29) is 28.4 Å². The zero-order chi connectivity index (χ0) is 16.0. The number of hydrogen-bond acceptors (Lipinski definition) is 4. The molecule has 0 saturated carbocycles.